The fraction of sp³-hybridized carbons (Fsp3) is 0. The summed E-state index contributed by atoms with van der Waals surface area (Å²) in [5.74, 6) is 0.352. The second-order valence-corrected chi connectivity index (χ2v) is 5.25. The zero-order valence-electron chi connectivity index (χ0n) is 10.9. The third-order valence-electron chi connectivity index (χ3n) is 3.22. The monoisotopic (exact) mass is 328 g/mol. The molecule has 0 fully saturated rings. The zero-order valence-corrected chi connectivity index (χ0v) is 12.5. The van der Waals surface area contributed by atoms with Gasteiger partial charge in [0.05, 0.1) is 0 Å². The standard InChI is InChI=1S/C13H6ClN6OP/c14-8-3-11-9(4-10(8)19-2-1-15-7-19)16-5-12-17-18-13(6-22-21)20(11)12/h1-5,7H. The van der Waals surface area contributed by atoms with Crippen LogP contribution in [0.1, 0.15) is 5.82 Å². The van der Waals surface area contributed by atoms with Crippen LogP contribution < -0.4 is 0 Å². The van der Waals surface area contributed by atoms with Gasteiger partial charge in [-0.15, -0.1) is 0 Å². The Labute approximate surface area is 129 Å². The normalized spacial score (nSPS) is 11.0. The van der Waals surface area contributed by atoms with E-state index in [1.54, 1.807) is 40.0 Å². The van der Waals surface area contributed by atoms with E-state index >= 15 is 0 Å². The van der Waals surface area contributed by atoms with E-state index in [2.05, 4.69) is 25.8 Å². The van der Waals surface area contributed by atoms with E-state index in [9.17, 15) is 4.57 Å². The number of hydrogen-bond donors (Lipinski definition) is 0. The van der Waals surface area contributed by atoms with Gasteiger partial charge in [-0.2, -0.15) is 0 Å². The molecule has 0 saturated carbocycles. The summed E-state index contributed by atoms with van der Waals surface area (Å²) in [4.78, 5) is 8.38. The molecule has 9 heteroatoms. The van der Waals surface area contributed by atoms with Crippen LogP contribution in [-0.4, -0.2) is 29.1 Å². The van der Waals surface area contributed by atoms with Crippen molar-refractivity contribution in [3.8, 4) is 11.3 Å². The number of aromatic nitrogens is 6. The van der Waals surface area contributed by atoms with Gasteiger partial charge in [0.2, 0.25) is 0 Å². The fourth-order valence-corrected chi connectivity index (χ4v) is 2.76. The number of nitrogens with zero attached hydrogens (tertiary/aromatic N) is 6. The molecule has 4 aromatic rings. The van der Waals surface area contributed by atoms with Crippen molar-refractivity contribution < 1.29 is 4.57 Å². The minimum absolute atomic E-state index is 0.263. The molecule has 0 bridgehead atoms. The summed E-state index contributed by atoms with van der Waals surface area (Å²) in [7, 11) is -0.263. The quantitative estimate of drug-likeness (QED) is 0.502. The van der Waals surface area contributed by atoms with Crippen LogP contribution in [0.25, 0.3) is 22.4 Å². The van der Waals surface area contributed by atoms with E-state index in [0.717, 1.165) is 5.69 Å². The second-order valence-electron chi connectivity index (χ2n) is 4.44. The van der Waals surface area contributed by atoms with Crippen molar-refractivity contribution in [1.29, 1.82) is 0 Å². The van der Waals surface area contributed by atoms with Gasteiger partial charge in [-0.1, -0.05) is 0 Å². The van der Waals surface area contributed by atoms with Crippen molar-refractivity contribution in [2.24, 2.45) is 0 Å². The number of hydrogen-bond acceptors (Lipinski definition) is 5. The number of fused-ring (bicyclic) bond motifs is 3. The molecule has 0 spiro atoms. The third-order valence-corrected chi connectivity index (χ3v) is 3.81. The Kier molecular flexibility index (Phi) is 3.05. The van der Waals surface area contributed by atoms with Gasteiger partial charge in [0, 0.05) is 0 Å². The van der Waals surface area contributed by atoms with E-state index < -0.39 is 0 Å². The van der Waals surface area contributed by atoms with Crippen molar-refractivity contribution in [2.75, 3.05) is 0 Å². The first-order chi connectivity index (χ1) is 10.8. The molecule has 0 atom stereocenters. The van der Waals surface area contributed by atoms with Crippen molar-refractivity contribution in [3.63, 3.8) is 0 Å². The minimum atomic E-state index is -0.263. The van der Waals surface area contributed by atoms with Crippen LogP contribution in [-0.2, 0) is 4.57 Å². The van der Waals surface area contributed by atoms with E-state index in [1.807, 2.05) is 6.07 Å². The second kappa shape index (κ2) is 5.07. The molecule has 0 aliphatic rings. The van der Waals surface area contributed by atoms with Gasteiger partial charge in [0.1, 0.15) is 0 Å². The molecular weight excluding hydrogens is 323 g/mol. The van der Waals surface area contributed by atoms with Crippen LogP contribution in [0.4, 0.5) is 0 Å². The number of imidazole rings is 1. The molecule has 0 aliphatic carbocycles. The third kappa shape index (κ3) is 1.96. The van der Waals surface area contributed by atoms with Crippen LogP contribution in [0.2, 0.25) is 5.02 Å². The van der Waals surface area contributed by atoms with E-state index in [1.165, 1.54) is 0 Å². The van der Waals surface area contributed by atoms with Crippen LogP contribution in [0.3, 0.4) is 0 Å². The van der Waals surface area contributed by atoms with Crippen LogP contribution in [0.15, 0.2) is 37.1 Å². The SMILES string of the molecule is O=P#Cc1nnc2cnc3cc(-n4ccnc4)c(Cl)cc3n12. The van der Waals surface area contributed by atoms with Crippen LogP contribution >= 0.6 is 19.5 Å². The van der Waals surface area contributed by atoms with Crippen LogP contribution in [0.5, 0.6) is 0 Å². The van der Waals surface area contributed by atoms with Gasteiger partial charge < -0.3 is 0 Å². The molecule has 0 N–H and O–H groups in total. The molecule has 22 heavy (non-hydrogen) atoms. The molecule has 7 nitrogen and oxygen atoms in total. The Morgan fingerprint density at radius 3 is 2.95 bits per heavy atom. The zero-order chi connectivity index (χ0) is 15.1. The average molecular weight is 329 g/mol. The maximum atomic E-state index is 10.8. The van der Waals surface area contributed by atoms with Crippen molar-refractivity contribution in [1.82, 2.24) is 29.1 Å². The Hall–Kier alpha value is -2.46. The topological polar surface area (TPSA) is 78.0 Å². The van der Waals surface area contributed by atoms with E-state index in [0.29, 0.717) is 27.5 Å². The molecule has 1 aromatic carbocycles. The molecule has 3 heterocycles. The number of halogens is 1. The Bertz CT molecular complexity index is 1120. The molecule has 0 unspecified atom stereocenters. The van der Waals surface area contributed by atoms with Crippen LogP contribution in [0, 0.1) is 5.63 Å². The molecular formula is C13H6ClN6OP. The summed E-state index contributed by atoms with van der Waals surface area (Å²) in [5, 5.41) is 8.44. The Balaban J connectivity index is 2.11. The number of rotatable bonds is 1. The number of benzene rings is 1. The van der Waals surface area contributed by atoms with Gasteiger partial charge in [-0.25, -0.2) is 0 Å². The predicted octanol–water partition coefficient (Wildman–Crippen LogP) is 2.72. The van der Waals surface area contributed by atoms with Gasteiger partial charge in [0.15, 0.2) is 0 Å². The first kappa shape index (κ1) is 13.2. The summed E-state index contributed by atoms with van der Waals surface area (Å²) in [5.41, 5.74) is 5.31. The first-order valence-corrected chi connectivity index (χ1v) is 7.37. The summed E-state index contributed by atoms with van der Waals surface area (Å²) >= 11 is 6.38. The molecule has 106 valence electrons. The van der Waals surface area contributed by atoms with E-state index in [-0.39, 0.29) is 7.92 Å². The molecule has 0 radical (unpaired) electrons. The Morgan fingerprint density at radius 2 is 2.18 bits per heavy atom. The van der Waals surface area contributed by atoms with Gasteiger partial charge >= 0.3 is 129 Å². The average Bonchev–Trinajstić information content (AvgIpc) is 3.17. The summed E-state index contributed by atoms with van der Waals surface area (Å²) < 4.78 is 14.3. The Morgan fingerprint density at radius 1 is 1.27 bits per heavy atom. The van der Waals surface area contributed by atoms with Gasteiger partial charge in [-0.05, 0) is 0 Å². The molecule has 0 saturated heterocycles. The van der Waals surface area contributed by atoms with Gasteiger partial charge in [-0.3, -0.25) is 0 Å². The summed E-state index contributed by atoms with van der Waals surface area (Å²) in [6.45, 7) is 0. The first-order valence-electron chi connectivity index (χ1n) is 6.18. The fourth-order valence-electron chi connectivity index (χ4n) is 2.28. The molecule has 4 rings (SSSR count). The summed E-state index contributed by atoms with van der Waals surface area (Å²) in [6, 6.07) is 3.61. The van der Waals surface area contributed by atoms with Crippen molar-refractivity contribution in [2.45, 2.75) is 0 Å². The summed E-state index contributed by atoms with van der Waals surface area (Å²) in [6.07, 6.45) is 6.72. The maximum absolute atomic E-state index is 10.8. The van der Waals surface area contributed by atoms with Crippen molar-refractivity contribution in [3.05, 3.63) is 47.9 Å². The van der Waals surface area contributed by atoms with Gasteiger partial charge in [0.25, 0.3) is 0 Å². The van der Waals surface area contributed by atoms with Crippen molar-refractivity contribution >= 4 is 36.2 Å². The molecule has 3 aromatic heterocycles. The van der Waals surface area contributed by atoms with E-state index in [4.69, 9.17) is 11.6 Å². The predicted molar refractivity (Wildman–Crippen MR) is 81.0 cm³/mol. The molecule has 0 aliphatic heterocycles. The molecule has 0 amide bonds.